The minimum absolute atomic E-state index is 0.152. The molecule has 1 rings (SSSR count). The van der Waals surface area contributed by atoms with Gasteiger partial charge in [-0.25, -0.2) is 0 Å². The molecular weight excluding hydrogens is 254 g/mol. The predicted molar refractivity (Wildman–Crippen MR) is 67.6 cm³/mol. The van der Waals surface area contributed by atoms with Crippen LogP contribution in [-0.4, -0.2) is 35.8 Å². The van der Waals surface area contributed by atoms with Crippen LogP contribution in [0, 0.1) is 10.1 Å². The molecule has 0 amide bonds. The molecule has 1 atom stereocenters. The topological polar surface area (TPSA) is 120 Å². The lowest BCUT2D eigenvalue weighted by Gasteiger charge is -2.16. The van der Waals surface area contributed by atoms with Gasteiger partial charge >= 0.3 is 0 Å². The van der Waals surface area contributed by atoms with E-state index in [4.69, 9.17) is 20.4 Å². The summed E-state index contributed by atoms with van der Waals surface area (Å²) in [6.07, 6.45) is -0.281. The molecule has 8 heteroatoms. The lowest BCUT2D eigenvalue weighted by Crippen LogP contribution is -2.21. The Morgan fingerprint density at radius 2 is 2.32 bits per heavy atom. The van der Waals surface area contributed by atoms with Crippen molar-refractivity contribution in [1.82, 2.24) is 0 Å². The smallest absolute Gasteiger partial charge is 0.270 e. The summed E-state index contributed by atoms with van der Waals surface area (Å²) in [7, 11) is 1.53. The predicted octanol–water partition coefficient (Wildman–Crippen LogP) is 1.10. The monoisotopic (exact) mass is 269 g/mol. The minimum Gasteiger partial charge on any atom is -0.488 e. The van der Waals surface area contributed by atoms with E-state index >= 15 is 0 Å². The Morgan fingerprint density at radius 3 is 2.84 bits per heavy atom. The van der Waals surface area contributed by atoms with Crippen LogP contribution in [0.15, 0.2) is 23.4 Å². The lowest BCUT2D eigenvalue weighted by molar-refractivity contribution is -0.384. The minimum atomic E-state index is -0.573. The van der Waals surface area contributed by atoms with Crippen molar-refractivity contribution in [1.29, 1.82) is 0 Å². The standard InChI is InChI=1S/C11H15N3O5/c1-7(6-18-2)19-10-4-3-8(14(16)17)5-9(10)11(12)13-15/h3-5,7,15H,6H2,1-2H3,(H2,12,13). The number of hydrogen-bond donors (Lipinski definition) is 2. The molecule has 1 unspecified atom stereocenters. The fourth-order valence-corrected chi connectivity index (χ4v) is 1.47. The van der Waals surface area contributed by atoms with Crippen molar-refractivity contribution < 1.29 is 19.6 Å². The van der Waals surface area contributed by atoms with Gasteiger partial charge in [-0.15, -0.1) is 0 Å². The molecule has 19 heavy (non-hydrogen) atoms. The van der Waals surface area contributed by atoms with Crippen molar-refractivity contribution in [2.75, 3.05) is 13.7 Å². The van der Waals surface area contributed by atoms with E-state index in [0.717, 1.165) is 0 Å². The van der Waals surface area contributed by atoms with Crippen LogP contribution in [0.4, 0.5) is 5.69 Å². The van der Waals surface area contributed by atoms with Crippen LogP contribution < -0.4 is 10.5 Å². The van der Waals surface area contributed by atoms with Crippen molar-refractivity contribution in [3.63, 3.8) is 0 Å². The van der Waals surface area contributed by atoms with Gasteiger partial charge in [0.15, 0.2) is 5.84 Å². The molecule has 0 aliphatic heterocycles. The first kappa shape index (κ1) is 14.7. The number of oxime groups is 1. The van der Waals surface area contributed by atoms with Crippen LogP contribution in [0.25, 0.3) is 0 Å². The number of nitro benzene ring substituents is 1. The Bertz CT molecular complexity index is 489. The Balaban J connectivity index is 3.12. The molecule has 8 nitrogen and oxygen atoms in total. The van der Waals surface area contributed by atoms with Crippen molar-refractivity contribution >= 4 is 11.5 Å². The van der Waals surface area contributed by atoms with Gasteiger partial charge in [0.25, 0.3) is 5.69 Å². The van der Waals surface area contributed by atoms with Crippen LogP contribution in [-0.2, 0) is 4.74 Å². The number of amidine groups is 1. The second kappa shape index (κ2) is 6.55. The van der Waals surface area contributed by atoms with Crippen molar-refractivity contribution in [2.24, 2.45) is 10.9 Å². The van der Waals surface area contributed by atoms with E-state index < -0.39 is 4.92 Å². The molecule has 3 N–H and O–H groups in total. The third-order valence-corrected chi connectivity index (χ3v) is 2.29. The van der Waals surface area contributed by atoms with Gasteiger partial charge in [0.2, 0.25) is 0 Å². The average molecular weight is 269 g/mol. The number of rotatable bonds is 6. The highest BCUT2D eigenvalue weighted by Gasteiger charge is 2.16. The molecule has 0 radical (unpaired) electrons. The molecule has 1 aromatic carbocycles. The first-order valence-electron chi connectivity index (χ1n) is 5.41. The van der Waals surface area contributed by atoms with Crippen LogP contribution >= 0.6 is 0 Å². The molecule has 0 saturated carbocycles. The summed E-state index contributed by atoms with van der Waals surface area (Å²) >= 11 is 0. The third-order valence-electron chi connectivity index (χ3n) is 2.29. The molecule has 1 aromatic rings. The maximum atomic E-state index is 10.7. The number of nitrogens with two attached hydrogens (primary N) is 1. The summed E-state index contributed by atoms with van der Waals surface area (Å²) in [5.74, 6) is 0.0220. The number of nitrogens with zero attached hydrogens (tertiary/aromatic N) is 2. The maximum absolute atomic E-state index is 10.7. The highest BCUT2D eigenvalue weighted by atomic mass is 16.6. The molecule has 0 bridgehead atoms. The summed E-state index contributed by atoms with van der Waals surface area (Å²) in [5.41, 5.74) is 5.46. The average Bonchev–Trinajstić information content (AvgIpc) is 2.38. The fourth-order valence-electron chi connectivity index (χ4n) is 1.47. The van der Waals surface area contributed by atoms with Crippen LogP contribution in [0.5, 0.6) is 5.75 Å². The van der Waals surface area contributed by atoms with Crippen molar-refractivity contribution in [3.05, 3.63) is 33.9 Å². The highest BCUT2D eigenvalue weighted by molar-refractivity contribution is 6.00. The number of benzene rings is 1. The number of ether oxygens (including phenoxy) is 2. The quantitative estimate of drug-likeness (QED) is 0.262. The number of hydrogen-bond acceptors (Lipinski definition) is 6. The Hall–Kier alpha value is -2.35. The van der Waals surface area contributed by atoms with E-state index in [1.54, 1.807) is 6.92 Å². The van der Waals surface area contributed by atoms with E-state index in [1.807, 2.05) is 0 Å². The second-order valence-electron chi connectivity index (χ2n) is 3.81. The highest BCUT2D eigenvalue weighted by Crippen LogP contribution is 2.25. The number of methoxy groups -OCH3 is 1. The molecule has 0 aliphatic rings. The largest absolute Gasteiger partial charge is 0.488 e. The van der Waals surface area contributed by atoms with Crippen molar-refractivity contribution in [3.8, 4) is 5.75 Å². The Labute approximate surface area is 109 Å². The van der Waals surface area contributed by atoms with E-state index in [2.05, 4.69) is 5.16 Å². The summed E-state index contributed by atoms with van der Waals surface area (Å²) in [6, 6.07) is 3.87. The summed E-state index contributed by atoms with van der Waals surface area (Å²) in [6.45, 7) is 2.10. The van der Waals surface area contributed by atoms with E-state index in [9.17, 15) is 10.1 Å². The number of non-ortho nitro benzene ring substituents is 1. The van der Waals surface area contributed by atoms with Crippen molar-refractivity contribution in [2.45, 2.75) is 13.0 Å². The Morgan fingerprint density at radius 1 is 1.63 bits per heavy atom. The van der Waals surface area contributed by atoms with Gasteiger partial charge in [-0.3, -0.25) is 10.1 Å². The van der Waals surface area contributed by atoms with E-state index in [0.29, 0.717) is 6.61 Å². The van der Waals surface area contributed by atoms with E-state index in [1.165, 1.54) is 25.3 Å². The summed E-state index contributed by atoms with van der Waals surface area (Å²) < 4.78 is 10.4. The second-order valence-corrected chi connectivity index (χ2v) is 3.81. The number of nitro groups is 1. The summed E-state index contributed by atoms with van der Waals surface area (Å²) in [4.78, 5) is 10.1. The normalized spacial score (nSPS) is 13.1. The molecule has 0 aromatic heterocycles. The molecule has 0 aliphatic carbocycles. The molecule has 0 heterocycles. The van der Waals surface area contributed by atoms with Gasteiger partial charge in [-0.2, -0.15) is 0 Å². The molecular formula is C11H15N3O5. The fraction of sp³-hybridized carbons (Fsp3) is 0.364. The van der Waals surface area contributed by atoms with Gasteiger partial charge in [-0.05, 0) is 13.0 Å². The Kier molecular flexibility index (Phi) is 5.07. The SMILES string of the molecule is COCC(C)Oc1ccc([N+](=O)[O-])cc1C(N)=NO. The van der Waals surface area contributed by atoms with Gasteiger partial charge in [0.1, 0.15) is 11.9 Å². The van der Waals surface area contributed by atoms with Gasteiger partial charge < -0.3 is 20.4 Å². The lowest BCUT2D eigenvalue weighted by atomic mass is 10.1. The van der Waals surface area contributed by atoms with Crippen LogP contribution in [0.3, 0.4) is 0 Å². The third kappa shape index (κ3) is 3.81. The van der Waals surface area contributed by atoms with Crippen LogP contribution in [0.2, 0.25) is 0 Å². The maximum Gasteiger partial charge on any atom is 0.270 e. The molecule has 0 saturated heterocycles. The molecule has 0 spiro atoms. The zero-order valence-electron chi connectivity index (χ0n) is 10.6. The zero-order chi connectivity index (χ0) is 14.4. The first-order valence-corrected chi connectivity index (χ1v) is 5.41. The van der Waals surface area contributed by atoms with Gasteiger partial charge in [-0.1, -0.05) is 5.16 Å². The molecule has 104 valence electrons. The summed E-state index contributed by atoms with van der Waals surface area (Å²) in [5, 5.41) is 22.2. The van der Waals surface area contributed by atoms with Gasteiger partial charge in [0.05, 0.1) is 17.1 Å². The first-order chi connectivity index (χ1) is 8.99. The van der Waals surface area contributed by atoms with Gasteiger partial charge in [0, 0.05) is 19.2 Å². The van der Waals surface area contributed by atoms with Crippen LogP contribution in [0.1, 0.15) is 12.5 Å². The van der Waals surface area contributed by atoms with E-state index in [-0.39, 0.29) is 28.9 Å². The molecule has 0 fully saturated rings. The zero-order valence-corrected chi connectivity index (χ0v) is 10.6.